The first-order valence-electron chi connectivity index (χ1n) is 6.20. The maximum atomic E-state index is 12.0. The minimum absolute atomic E-state index is 0.135. The van der Waals surface area contributed by atoms with Crippen molar-refractivity contribution in [1.82, 2.24) is 0 Å². The Labute approximate surface area is 114 Å². The van der Waals surface area contributed by atoms with E-state index in [9.17, 15) is 9.59 Å². The molecular weight excluding hydrogens is 262 g/mol. The summed E-state index contributed by atoms with van der Waals surface area (Å²) < 4.78 is 5.18. The lowest BCUT2D eigenvalue weighted by atomic mass is 10.2. The van der Waals surface area contributed by atoms with Gasteiger partial charge in [-0.3, -0.25) is 4.79 Å². The Balaban J connectivity index is 2.22. The van der Waals surface area contributed by atoms with Crippen LogP contribution in [0.2, 0.25) is 0 Å². The van der Waals surface area contributed by atoms with Gasteiger partial charge >= 0.3 is 5.63 Å². The van der Waals surface area contributed by atoms with Crippen molar-refractivity contribution in [3.05, 3.63) is 34.7 Å². The normalized spacial score (nSPS) is 14.8. The van der Waals surface area contributed by atoms with E-state index in [2.05, 4.69) is 6.92 Å². The number of amides is 1. The molecule has 0 N–H and O–H groups in total. The number of benzene rings is 1. The molecule has 5 heteroatoms. The minimum atomic E-state index is -0.352. The van der Waals surface area contributed by atoms with Gasteiger partial charge < -0.3 is 9.32 Å². The lowest BCUT2D eigenvalue weighted by molar-refractivity contribution is -0.116. The van der Waals surface area contributed by atoms with E-state index < -0.39 is 0 Å². The number of hydrogen-bond acceptors (Lipinski definition) is 4. The van der Waals surface area contributed by atoms with Crippen LogP contribution < -0.4 is 10.5 Å². The second kappa shape index (κ2) is 4.74. The zero-order valence-electron chi connectivity index (χ0n) is 10.5. The Morgan fingerprint density at radius 2 is 2.11 bits per heavy atom. The fourth-order valence-corrected chi connectivity index (χ4v) is 3.36. The highest BCUT2D eigenvalue weighted by Gasteiger charge is 2.25. The largest absolute Gasteiger partial charge is 0.423 e. The second-order valence-corrected chi connectivity index (χ2v) is 5.40. The van der Waals surface area contributed by atoms with Gasteiger partial charge in [0, 0.05) is 22.9 Å². The number of nitrogens with zero attached hydrogens (tertiary/aromatic N) is 1. The maximum absolute atomic E-state index is 12.0. The molecule has 0 saturated carbocycles. The third-order valence-corrected chi connectivity index (χ3v) is 4.22. The first-order valence-corrected chi connectivity index (χ1v) is 7.19. The van der Waals surface area contributed by atoms with Crippen molar-refractivity contribution < 1.29 is 9.21 Å². The number of carbonyl (C=O) groups is 1. The Morgan fingerprint density at radius 1 is 1.26 bits per heavy atom. The predicted octanol–water partition coefficient (Wildman–Crippen LogP) is 2.64. The van der Waals surface area contributed by atoms with Gasteiger partial charge in [-0.05, 0) is 24.6 Å². The van der Waals surface area contributed by atoms with Crippen molar-refractivity contribution in [2.24, 2.45) is 0 Å². The fraction of sp³-hybridized carbons (Fsp3) is 0.286. The molecule has 1 aliphatic heterocycles. The quantitative estimate of drug-likeness (QED) is 0.791. The van der Waals surface area contributed by atoms with Crippen LogP contribution in [0.1, 0.15) is 13.3 Å². The fourth-order valence-electron chi connectivity index (χ4n) is 2.29. The van der Waals surface area contributed by atoms with Gasteiger partial charge in [-0.1, -0.05) is 6.92 Å². The van der Waals surface area contributed by atoms with E-state index in [-0.39, 0.29) is 11.5 Å². The molecule has 19 heavy (non-hydrogen) atoms. The Bertz CT molecular complexity index is 707. The summed E-state index contributed by atoms with van der Waals surface area (Å²) in [5.74, 6) is 0.571. The summed E-state index contributed by atoms with van der Waals surface area (Å²) in [5, 5.41) is 0.899. The van der Waals surface area contributed by atoms with E-state index >= 15 is 0 Å². The average Bonchev–Trinajstić information content (AvgIpc) is 2.41. The highest BCUT2D eigenvalue weighted by molar-refractivity contribution is 8.00. The van der Waals surface area contributed by atoms with Crippen LogP contribution in [0.4, 0.5) is 5.69 Å². The van der Waals surface area contributed by atoms with E-state index in [0.717, 1.165) is 22.4 Å². The van der Waals surface area contributed by atoms with Crippen LogP contribution in [0.5, 0.6) is 0 Å². The number of carbonyl (C=O) groups excluding carboxylic acids is 1. The van der Waals surface area contributed by atoms with Gasteiger partial charge in [0.2, 0.25) is 5.91 Å². The van der Waals surface area contributed by atoms with Gasteiger partial charge in [-0.2, -0.15) is 0 Å². The van der Waals surface area contributed by atoms with E-state index in [4.69, 9.17) is 4.42 Å². The average molecular weight is 275 g/mol. The Morgan fingerprint density at radius 3 is 2.89 bits per heavy atom. The molecule has 0 bridgehead atoms. The molecule has 1 amide bonds. The number of fused-ring (bicyclic) bond motifs is 3. The molecule has 0 atom stereocenters. The van der Waals surface area contributed by atoms with Gasteiger partial charge in [0.25, 0.3) is 0 Å². The van der Waals surface area contributed by atoms with Crippen LogP contribution in [0.3, 0.4) is 0 Å². The van der Waals surface area contributed by atoms with Gasteiger partial charge in [0.15, 0.2) is 0 Å². The van der Waals surface area contributed by atoms with E-state index in [1.54, 1.807) is 12.1 Å². The molecule has 0 spiro atoms. The molecule has 0 radical (unpaired) electrons. The first-order chi connectivity index (χ1) is 9.20. The zero-order valence-corrected chi connectivity index (χ0v) is 11.3. The zero-order chi connectivity index (χ0) is 13.4. The summed E-state index contributed by atoms with van der Waals surface area (Å²) in [6.07, 6.45) is 0.914. The van der Waals surface area contributed by atoms with Crippen molar-refractivity contribution in [3.63, 3.8) is 0 Å². The molecule has 0 unspecified atom stereocenters. The summed E-state index contributed by atoms with van der Waals surface area (Å²) in [6, 6.07) is 6.81. The van der Waals surface area contributed by atoms with E-state index in [1.807, 2.05) is 11.0 Å². The van der Waals surface area contributed by atoms with Crippen molar-refractivity contribution in [1.29, 1.82) is 0 Å². The summed E-state index contributed by atoms with van der Waals surface area (Å²) >= 11 is 1.51. The van der Waals surface area contributed by atoms with E-state index in [0.29, 0.717) is 17.9 Å². The highest BCUT2D eigenvalue weighted by Crippen LogP contribution is 2.40. The molecule has 1 aromatic heterocycles. The van der Waals surface area contributed by atoms with Crippen molar-refractivity contribution in [2.45, 2.75) is 18.2 Å². The summed E-state index contributed by atoms with van der Waals surface area (Å²) in [7, 11) is 0. The van der Waals surface area contributed by atoms with Crippen molar-refractivity contribution in [2.75, 3.05) is 17.2 Å². The lowest BCUT2D eigenvalue weighted by Gasteiger charge is -2.29. The predicted molar refractivity (Wildman–Crippen MR) is 75.9 cm³/mol. The molecule has 1 aromatic carbocycles. The molecular formula is C14H13NO3S. The molecule has 0 fully saturated rings. The number of thioether (sulfide) groups is 1. The molecule has 1 aliphatic rings. The second-order valence-electron chi connectivity index (χ2n) is 4.41. The van der Waals surface area contributed by atoms with Crippen LogP contribution in [0.25, 0.3) is 11.0 Å². The van der Waals surface area contributed by atoms with Crippen LogP contribution in [0.15, 0.2) is 38.4 Å². The monoisotopic (exact) mass is 275 g/mol. The maximum Gasteiger partial charge on any atom is 0.336 e. The molecule has 4 nitrogen and oxygen atoms in total. The van der Waals surface area contributed by atoms with Crippen molar-refractivity contribution >= 4 is 34.3 Å². The number of rotatable bonds is 2. The smallest absolute Gasteiger partial charge is 0.336 e. The Hall–Kier alpha value is -1.75. The van der Waals surface area contributed by atoms with Gasteiger partial charge in [-0.15, -0.1) is 11.8 Å². The summed E-state index contributed by atoms with van der Waals surface area (Å²) in [6.45, 7) is 2.77. The molecule has 0 aliphatic carbocycles. The molecule has 3 rings (SSSR count). The Kier molecular flexibility index (Phi) is 3.06. The van der Waals surface area contributed by atoms with Gasteiger partial charge in [-0.25, -0.2) is 4.79 Å². The lowest BCUT2D eigenvalue weighted by Crippen LogP contribution is -2.35. The minimum Gasteiger partial charge on any atom is -0.423 e. The third-order valence-electron chi connectivity index (χ3n) is 3.11. The molecule has 98 valence electrons. The van der Waals surface area contributed by atoms with Gasteiger partial charge in [0.05, 0.1) is 11.4 Å². The topological polar surface area (TPSA) is 50.5 Å². The van der Waals surface area contributed by atoms with Gasteiger partial charge in [0.1, 0.15) is 5.58 Å². The molecule has 0 saturated heterocycles. The van der Waals surface area contributed by atoms with Crippen LogP contribution in [0, 0.1) is 0 Å². The van der Waals surface area contributed by atoms with Crippen LogP contribution in [-0.2, 0) is 4.79 Å². The number of hydrogen-bond donors (Lipinski definition) is 0. The van der Waals surface area contributed by atoms with Crippen LogP contribution in [-0.4, -0.2) is 18.2 Å². The SMILES string of the molecule is CCCN1C(=O)CSc2c1ccc1oc(=O)ccc21. The first kappa shape index (κ1) is 12.3. The third kappa shape index (κ3) is 2.04. The van der Waals surface area contributed by atoms with E-state index in [1.165, 1.54) is 17.8 Å². The van der Waals surface area contributed by atoms with Crippen LogP contribution >= 0.6 is 11.8 Å². The molecule has 2 heterocycles. The highest BCUT2D eigenvalue weighted by atomic mass is 32.2. The summed E-state index contributed by atoms with van der Waals surface area (Å²) in [5.41, 5.74) is 1.14. The van der Waals surface area contributed by atoms with Crippen molar-refractivity contribution in [3.8, 4) is 0 Å². The number of anilines is 1. The standard InChI is InChI=1S/C14H13NO3S/c1-2-7-15-10-4-5-11-9(3-6-13(17)18-11)14(10)19-8-12(15)16/h3-6H,2,7-8H2,1H3. The molecule has 2 aromatic rings. The summed E-state index contributed by atoms with van der Waals surface area (Å²) in [4.78, 5) is 26.0.